The Morgan fingerprint density at radius 1 is 1.27 bits per heavy atom. The van der Waals surface area contributed by atoms with Gasteiger partial charge in [0.05, 0.1) is 0 Å². The first-order chi connectivity index (χ1) is 5.29. The third kappa shape index (κ3) is 4.54. The van der Waals surface area contributed by atoms with Gasteiger partial charge in [0, 0.05) is 0 Å². The molecule has 0 N–H and O–H groups in total. The van der Waals surface area contributed by atoms with Crippen molar-refractivity contribution >= 4 is 0 Å². The highest BCUT2D eigenvalue weighted by Crippen LogP contribution is 2.10. The second-order valence-corrected chi connectivity index (χ2v) is 2.17. The SMILES string of the molecule is CC.CC1=CC=C(F)C=CC1. The van der Waals surface area contributed by atoms with Crippen molar-refractivity contribution in [1.29, 1.82) is 0 Å². The molecule has 0 aromatic rings. The van der Waals surface area contributed by atoms with E-state index in [1.165, 1.54) is 17.7 Å². The zero-order valence-electron chi connectivity index (χ0n) is 7.39. The lowest BCUT2D eigenvalue weighted by Gasteiger charge is -1.86. The molecule has 11 heavy (non-hydrogen) atoms. The third-order valence-electron chi connectivity index (χ3n) is 1.24. The van der Waals surface area contributed by atoms with Crippen molar-refractivity contribution in [3.05, 3.63) is 35.7 Å². The molecule has 0 amide bonds. The maximum atomic E-state index is 12.3. The van der Waals surface area contributed by atoms with Gasteiger partial charge < -0.3 is 0 Å². The predicted molar refractivity (Wildman–Crippen MR) is 48.1 cm³/mol. The van der Waals surface area contributed by atoms with Crippen LogP contribution in [-0.2, 0) is 0 Å². The van der Waals surface area contributed by atoms with Crippen LogP contribution in [0.5, 0.6) is 0 Å². The summed E-state index contributed by atoms with van der Waals surface area (Å²) in [5, 5.41) is 0. The minimum absolute atomic E-state index is 0.160. The van der Waals surface area contributed by atoms with Gasteiger partial charge in [0.25, 0.3) is 0 Å². The van der Waals surface area contributed by atoms with Crippen LogP contribution in [-0.4, -0.2) is 0 Å². The summed E-state index contributed by atoms with van der Waals surface area (Å²) in [5.41, 5.74) is 1.19. The molecule has 1 aliphatic carbocycles. The Morgan fingerprint density at radius 2 is 1.91 bits per heavy atom. The zero-order chi connectivity index (χ0) is 8.69. The highest BCUT2D eigenvalue weighted by atomic mass is 19.1. The van der Waals surface area contributed by atoms with E-state index in [0.717, 1.165) is 6.42 Å². The number of rotatable bonds is 0. The van der Waals surface area contributed by atoms with Crippen LogP contribution in [0.25, 0.3) is 0 Å². The zero-order valence-corrected chi connectivity index (χ0v) is 7.39. The molecule has 1 heteroatoms. The van der Waals surface area contributed by atoms with Gasteiger partial charge in [-0.1, -0.05) is 31.6 Å². The molecular formula is C10H15F. The number of allylic oxidation sites excluding steroid dienone is 6. The van der Waals surface area contributed by atoms with Crippen LogP contribution < -0.4 is 0 Å². The molecule has 0 aliphatic heterocycles. The monoisotopic (exact) mass is 154 g/mol. The first-order valence-electron chi connectivity index (χ1n) is 3.98. The molecule has 0 nitrogen and oxygen atoms in total. The molecule has 0 saturated heterocycles. The van der Waals surface area contributed by atoms with Crippen molar-refractivity contribution in [3.63, 3.8) is 0 Å². The molecule has 0 aromatic carbocycles. The second-order valence-electron chi connectivity index (χ2n) is 2.17. The van der Waals surface area contributed by atoms with Gasteiger partial charge in [-0.15, -0.1) is 0 Å². The second kappa shape index (κ2) is 5.90. The van der Waals surface area contributed by atoms with Crippen LogP contribution in [0, 0.1) is 0 Å². The molecule has 0 bridgehead atoms. The molecule has 0 unspecified atom stereocenters. The standard InChI is InChI=1S/C8H9F.C2H6/c1-7-3-2-4-8(9)6-5-7;1-2/h2,4-6H,3H2,1H3;1-2H3. The number of hydrogen-bond donors (Lipinski definition) is 0. The summed E-state index contributed by atoms with van der Waals surface area (Å²) in [6.07, 6.45) is 7.47. The van der Waals surface area contributed by atoms with E-state index in [9.17, 15) is 4.39 Å². The molecule has 1 rings (SSSR count). The highest BCUT2D eigenvalue weighted by Gasteiger charge is 1.91. The molecule has 1 aliphatic rings. The Balaban J connectivity index is 0.000000461. The highest BCUT2D eigenvalue weighted by molar-refractivity contribution is 5.25. The Bertz CT molecular complexity index is 185. The Kier molecular flexibility index (Phi) is 5.44. The first-order valence-corrected chi connectivity index (χ1v) is 3.98. The molecule has 0 fully saturated rings. The van der Waals surface area contributed by atoms with Crippen LogP contribution >= 0.6 is 0 Å². The average Bonchev–Trinajstić information content (AvgIpc) is 2.20. The van der Waals surface area contributed by atoms with E-state index in [0.29, 0.717) is 0 Å². The van der Waals surface area contributed by atoms with Crippen LogP contribution in [0.1, 0.15) is 27.2 Å². The minimum Gasteiger partial charge on any atom is -0.207 e. The maximum Gasteiger partial charge on any atom is 0.122 e. The predicted octanol–water partition coefficient (Wildman–Crippen LogP) is 3.77. The number of halogens is 1. The molecule has 0 aromatic heterocycles. The molecule has 0 heterocycles. The normalized spacial score (nSPS) is 15.6. The topological polar surface area (TPSA) is 0 Å². The fourth-order valence-electron chi connectivity index (χ4n) is 0.703. The van der Waals surface area contributed by atoms with Crippen molar-refractivity contribution in [1.82, 2.24) is 0 Å². The van der Waals surface area contributed by atoms with Crippen molar-refractivity contribution in [2.45, 2.75) is 27.2 Å². The largest absolute Gasteiger partial charge is 0.207 e. The lowest BCUT2D eigenvalue weighted by molar-refractivity contribution is 0.667. The third-order valence-corrected chi connectivity index (χ3v) is 1.24. The average molecular weight is 154 g/mol. The fourth-order valence-corrected chi connectivity index (χ4v) is 0.703. The van der Waals surface area contributed by atoms with Gasteiger partial charge in [-0.2, -0.15) is 0 Å². The van der Waals surface area contributed by atoms with Crippen molar-refractivity contribution in [2.24, 2.45) is 0 Å². The molecule has 0 saturated carbocycles. The van der Waals surface area contributed by atoms with E-state index in [-0.39, 0.29) is 5.83 Å². The molecular weight excluding hydrogens is 139 g/mol. The summed E-state index contributed by atoms with van der Waals surface area (Å²) in [7, 11) is 0. The van der Waals surface area contributed by atoms with Crippen LogP contribution in [0.3, 0.4) is 0 Å². The molecule has 0 spiro atoms. The Morgan fingerprint density at radius 3 is 2.55 bits per heavy atom. The van der Waals surface area contributed by atoms with Crippen LogP contribution in [0.15, 0.2) is 35.7 Å². The summed E-state index contributed by atoms with van der Waals surface area (Å²) in [6.45, 7) is 5.99. The van der Waals surface area contributed by atoms with Gasteiger partial charge in [-0.3, -0.25) is 0 Å². The van der Waals surface area contributed by atoms with E-state index in [1.807, 2.05) is 26.8 Å². The van der Waals surface area contributed by atoms with Crippen molar-refractivity contribution in [3.8, 4) is 0 Å². The Labute approximate surface area is 68.1 Å². The number of hydrogen-bond acceptors (Lipinski definition) is 0. The minimum atomic E-state index is -0.160. The lowest BCUT2D eigenvalue weighted by atomic mass is 10.2. The molecule has 62 valence electrons. The van der Waals surface area contributed by atoms with E-state index < -0.39 is 0 Å². The van der Waals surface area contributed by atoms with Gasteiger partial charge >= 0.3 is 0 Å². The van der Waals surface area contributed by atoms with Crippen molar-refractivity contribution < 1.29 is 4.39 Å². The summed E-state index contributed by atoms with van der Waals surface area (Å²) < 4.78 is 12.3. The van der Waals surface area contributed by atoms with Crippen molar-refractivity contribution in [2.75, 3.05) is 0 Å². The Hall–Kier alpha value is -0.850. The van der Waals surface area contributed by atoms with Crippen LogP contribution in [0.2, 0.25) is 0 Å². The van der Waals surface area contributed by atoms with E-state index in [1.54, 1.807) is 6.08 Å². The fraction of sp³-hybridized carbons (Fsp3) is 0.400. The van der Waals surface area contributed by atoms with Gasteiger partial charge in [0.1, 0.15) is 5.83 Å². The summed E-state index contributed by atoms with van der Waals surface area (Å²) >= 11 is 0. The van der Waals surface area contributed by atoms with E-state index in [4.69, 9.17) is 0 Å². The van der Waals surface area contributed by atoms with Gasteiger partial charge in [-0.25, -0.2) is 4.39 Å². The summed E-state index contributed by atoms with van der Waals surface area (Å²) in [6, 6.07) is 0. The lowest BCUT2D eigenvalue weighted by Crippen LogP contribution is -1.66. The maximum absolute atomic E-state index is 12.3. The van der Waals surface area contributed by atoms with Crippen LogP contribution in [0.4, 0.5) is 4.39 Å². The summed E-state index contributed by atoms with van der Waals surface area (Å²) in [4.78, 5) is 0. The van der Waals surface area contributed by atoms with Gasteiger partial charge in [0.2, 0.25) is 0 Å². The van der Waals surface area contributed by atoms with E-state index >= 15 is 0 Å². The quantitative estimate of drug-likeness (QED) is 0.498. The summed E-state index contributed by atoms with van der Waals surface area (Å²) in [5.74, 6) is -0.160. The smallest absolute Gasteiger partial charge is 0.122 e. The molecule has 0 radical (unpaired) electrons. The molecule has 0 atom stereocenters. The first kappa shape index (κ1) is 10.2. The van der Waals surface area contributed by atoms with Gasteiger partial charge in [0.15, 0.2) is 0 Å². The van der Waals surface area contributed by atoms with Gasteiger partial charge in [-0.05, 0) is 25.5 Å². The van der Waals surface area contributed by atoms with E-state index in [2.05, 4.69) is 0 Å².